The van der Waals surface area contributed by atoms with E-state index in [1.807, 2.05) is 0 Å². The van der Waals surface area contributed by atoms with Gasteiger partial charge in [-0.1, -0.05) is 19.8 Å². The Balaban J connectivity index is 2.44. The van der Waals surface area contributed by atoms with Crippen molar-refractivity contribution >= 4 is 10.9 Å². The molecule has 0 radical (unpaired) electrons. The number of aliphatic hydroxyl groups excluding tert-OH is 1. The summed E-state index contributed by atoms with van der Waals surface area (Å²) in [6, 6.07) is 1.51. The lowest BCUT2D eigenvalue weighted by molar-refractivity contribution is 0.215. The van der Waals surface area contributed by atoms with Crippen LogP contribution in [-0.4, -0.2) is 26.2 Å². The average Bonchev–Trinajstić information content (AvgIpc) is 2.42. The highest BCUT2D eigenvalue weighted by Crippen LogP contribution is 2.13. The van der Waals surface area contributed by atoms with Gasteiger partial charge in [0.1, 0.15) is 0 Å². The van der Waals surface area contributed by atoms with Gasteiger partial charge in [-0.15, -0.1) is 0 Å². The first-order valence-corrected chi connectivity index (χ1v) is 6.19. The Labute approximate surface area is 105 Å². The van der Waals surface area contributed by atoms with Crippen molar-refractivity contribution in [1.82, 2.24) is 14.5 Å². The summed E-state index contributed by atoms with van der Waals surface area (Å²) in [6.07, 6.45) is 7.44. The van der Waals surface area contributed by atoms with Gasteiger partial charge in [-0.2, -0.15) is 0 Å². The number of hydrogen-bond acceptors (Lipinski definition) is 4. The Morgan fingerprint density at radius 1 is 1.50 bits per heavy atom. The molecule has 1 N–H and O–H groups in total. The number of fused-ring (bicyclic) bond motifs is 1. The second-order valence-electron chi connectivity index (χ2n) is 4.33. The third-order valence-electron chi connectivity index (χ3n) is 3.08. The predicted molar refractivity (Wildman–Crippen MR) is 69.4 cm³/mol. The summed E-state index contributed by atoms with van der Waals surface area (Å²) in [5.74, 6) is 0. The third-order valence-corrected chi connectivity index (χ3v) is 3.08. The number of rotatable bonds is 5. The van der Waals surface area contributed by atoms with Gasteiger partial charge in [-0.05, 0) is 12.5 Å². The van der Waals surface area contributed by atoms with E-state index in [0.29, 0.717) is 10.9 Å². The maximum Gasteiger partial charge on any atom is 0.263 e. The molecular weight excluding hydrogens is 230 g/mol. The van der Waals surface area contributed by atoms with E-state index in [0.717, 1.165) is 19.3 Å². The number of pyridine rings is 1. The van der Waals surface area contributed by atoms with E-state index >= 15 is 0 Å². The molecule has 0 saturated heterocycles. The van der Waals surface area contributed by atoms with Crippen LogP contribution in [0.1, 0.15) is 32.2 Å². The van der Waals surface area contributed by atoms with Crippen molar-refractivity contribution in [2.24, 2.45) is 0 Å². The number of nitrogens with zero attached hydrogens (tertiary/aromatic N) is 3. The van der Waals surface area contributed by atoms with Crippen LogP contribution in [-0.2, 0) is 0 Å². The highest BCUT2D eigenvalue weighted by Gasteiger charge is 2.13. The lowest BCUT2D eigenvalue weighted by atomic mass is 10.1. The van der Waals surface area contributed by atoms with Crippen LogP contribution in [0.5, 0.6) is 0 Å². The molecule has 18 heavy (non-hydrogen) atoms. The lowest BCUT2D eigenvalue weighted by Gasteiger charge is -2.16. The Morgan fingerprint density at radius 2 is 2.33 bits per heavy atom. The van der Waals surface area contributed by atoms with Crippen molar-refractivity contribution in [3.8, 4) is 0 Å². The molecular formula is C13H17N3O2. The molecule has 5 nitrogen and oxygen atoms in total. The minimum atomic E-state index is -0.199. The van der Waals surface area contributed by atoms with Crippen molar-refractivity contribution in [2.45, 2.75) is 32.2 Å². The highest BCUT2D eigenvalue weighted by molar-refractivity contribution is 5.75. The summed E-state index contributed by atoms with van der Waals surface area (Å²) >= 11 is 0. The Kier molecular flexibility index (Phi) is 4.04. The minimum Gasteiger partial charge on any atom is -0.394 e. The number of hydrogen-bond donors (Lipinski definition) is 1. The van der Waals surface area contributed by atoms with Crippen LogP contribution in [0.3, 0.4) is 0 Å². The van der Waals surface area contributed by atoms with Crippen LogP contribution in [0.25, 0.3) is 10.9 Å². The molecule has 0 saturated carbocycles. The molecule has 96 valence electrons. The van der Waals surface area contributed by atoms with Gasteiger partial charge in [0.25, 0.3) is 5.56 Å². The van der Waals surface area contributed by atoms with Crippen LogP contribution in [0.4, 0.5) is 0 Å². The van der Waals surface area contributed by atoms with Gasteiger partial charge in [0.15, 0.2) is 0 Å². The minimum absolute atomic E-state index is 0.0483. The van der Waals surface area contributed by atoms with Gasteiger partial charge in [0, 0.05) is 12.4 Å². The molecule has 1 atom stereocenters. The topological polar surface area (TPSA) is 68.0 Å². The van der Waals surface area contributed by atoms with Crippen LogP contribution < -0.4 is 5.56 Å². The standard InChI is InChI=1S/C13H17N3O2/c1-2-3-4-10(8-17)16-9-15-12-5-6-14-7-11(12)13(16)18/h5-7,9-10,17H,2-4,8H2,1H3/t10-/m0/s1. The fraction of sp³-hybridized carbons (Fsp3) is 0.462. The SMILES string of the molecule is CCCC[C@@H](CO)n1cnc2ccncc2c1=O. The summed E-state index contributed by atoms with van der Waals surface area (Å²) < 4.78 is 1.51. The van der Waals surface area contributed by atoms with Crippen molar-refractivity contribution < 1.29 is 5.11 Å². The van der Waals surface area contributed by atoms with E-state index < -0.39 is 0 Å². The monoisotopic (exact) mass is 247 g/mol. The van der Waals surface area contributed by atoms with Crippen molar-refractivity contribution in [2.75, 3.05) is 6.61 Å². The Bertz CT molecular complexity index is 580. The first-order chi connectivity index (χ1) is 8.77. The zero-order valence-corrected chi connectivity index (χ0v) is 10.4. The fourth-order valence-corrected chi connectivity index (χ4v) is 2.00. The zero-order valence-electron chi connectivity index (χ0n) is 10.4. The summed E-state index contributed by atoms with van der Waals surface area (Å²) in [6.45, 7) is 2.03. The summed E-state index contributed by atoms with van der Waals surface area (Å²) in [5, 5.41) is 9.89. The molecule has 0 aromatic carbocycles. The van der Waals surface area contributed by atoms with Gasteiger partial charge in [0.2, 0.25) is 0 Å². The summed E-state index contributed by atoms with van der Waals surface area (Å²) in [7, 11) is 0. The van der Waals surface area contributed by atoms with Gasteiger partial charge in [-0.3, -0.25) is 14.3 Å². The normalized spacial score (nSPS) is 12.8. The largest absolute Gasteiger partial charge is 0.394 e. The smallest absolute Gasteiger partial charge is 0.263 e. The summed E-state index contributed by atoms with van der Waals surface area (Å²) in [4.78, 5) is 20.4. The molecule has 2 heterocycles. The third kappa shape index (κ3) is 2.41. The van der Waals surface area contributed by atoms with E-state index in [9.17, 15) is 9.90 Å². The first-order valence-electron chi connectivity index (χ1n) is 6.19. The van der Waals surface area contributed by atoms with Crippen LogP contribution in [0.15, 0.2) is 29.6 Å². The molecule has 0 aliphatic carbocycles. The molecule has 2 rings (SSSR count). The highest BCUT2D eigenvalue weighted by atomic mass is 16.3. The van der Waals surface area contributed by atoms with Crippen molar-refractivity contribution in [3.05, 3.63) is 35.1 Å². The first kappa shape index (κ1) is 12.7. The summed E-state index contributed by atoms with van der Waals surface area (Å²) in [5.41, 5.74) is 0.502. The maximum atomic E-state index is 12.3. The average molecular weight is 247 g/mol. The quantitative estimate of drug-likeness (QED) is 0.869. The Hall–Kier alpha value is -1.75. The molecule has 5 heteroatoms. The molecule has 2 aromatic rings. The molecule has 0 unspecified atom stereocenters. The van der Waals surface area contributed by atoms with Crippen LogP contribution >= 0.6 is 0 Å². The molecule has 0 aliphatic rings. The van der Waals surface area contributed by atoms with Gasteiger partial charge >= 0.3 is 0 Å². The number of aromatic nitrogens is 3. The zero-order chi connectivity index (χ0) is 13.0. The van der Waals surface area contributed by atoms with Crippen LogP contribution in [0.2, 0.25) is 0 Å². The molecule has 2 aromatic heterocycles. The number of unbranched alkanes of at least 4 members (excludes halogenated alkanes) is 1. The van der Waals surface area contributed by atoms with Gasteiger partial charge in [-0.25, -0.2) is 4.98 Å². The number of aliphatic hydroxyl groups is 1. The second kappa shape index (κ2) is 5.73. The van der Waals surface area contributed by atoms with Gasteiger partial charge < -0.3 is 5.11 Å². The fourth-order valence-electron chi connectivity index (χ4n) is 2.00. The van der Waals surface area contributed by atoms with Crippen LogP contribution in [0, 0.1) is 0 Å². The van der Waals surface area contributed by atoms with E-state index in [-0.39, 0.29) is 18.2 Å². The second-order valence-corrected chi connectivity index (χ2v) is 4.33. The Morgan fingerprint density at radius 3 is 3.06 bits per heavy atom. The van der Waals surface area contributed by atoms with E-state index in [2.05, 4.69) is 16.9 Å². The predicted octanol–water partition coefficient (Wildman–Crippen LogP) is 1.52. The molecule has 0 amide bonds. The molecule has 0 aliphatic heterocycles. The molecule has 0 spiro atoms. The van der Waals surface area contributed by atoms with Gasteiger partial charge in [0.05, 0.1) is 29.9 Å². The lowest BCUT2D eigenvalue weighted by Crippen LogP contribution is -2.27. The van der Waals surface area contributed by atoms with E-state index in [1.165, 1.54) is 17.1 Å². The molecule has 0 bridgehead atoms. The van der Waals surface area contributed by atoms with E-state index in [4.69, 9.17) is 0 Å². The molecule has 0 fully saturated rings. The van der Waals surface area contributed by atoms with Crippen molar-refractivity contribution in [3.63, 3.8) is 0 Å². The maximum absolute atomic E-state index is 12.3. The van der Waals surface area contributed by atoms with E-state index in [1.54, 1.807) is 12.3 Å². The van der Waals surface area contributed by atoms with Crippen molar-refractivity contribution in [1.29, 1.82) is 0 Å².